The van der Waals surface area contributed by atoms with E-state index >= 15 is 0 Å². The van der Waals surface area contributed by atoms with E-state index in [4.69, 9.17) is 21.3 Å². The fourth-order valence-electron chi connectivity index (χ4n) is 6.70. The standard InChI is InChI=1S/C23H28ClF2N5O/c1-22-5-3-14(7-22)10-30(12-22)20-16-9-27-19(24)17(26)18(16)28-21(29-20)32-13-23-4-2-6-31(23)11-15(25)8-23/h9,14-15H,2-8,10-13H2,1H3/t14-,15+,22-,23-/m0/s1. The molecule has 0 spiro atoms. The Morgan fingerprint density at radius 3 is 2.97 bits per heavy atom. The van der Waals surface area contributed by atoms with E-state index in [1.807, 2.05) is 0 Å². The van der Waals surface area contributed by atoms with Gasteiger partial charge in [-0.25, -0.2) is 13.8 Å². The Hall–Kier alpha value is -1.80. The van der Waals surface area contributed by atoms with Crippen LogP contribution < -0.4 is 9.64 Å². The average molecular weight is 464 g/mol. The second kappa shape index (κ2) is 7.35. The summed E-state index contributed by atoms with van der Waals surface area (Å²) >= 11 is 5.98. The summed E-state index contributed by atoms with van der Waals surface area (Å²) in [6, 6.07) is 0.125. The van der Waals surface area contributed by atoms with E-state index in [2.05, 4.69) is 26.7 Å². The maximum atomic E-state index is 15.0. The van der Waals surface area contributed by atoms with E-state index < -0.39 is 12.0 Å². The van der Waals surface area contributed by atoms with Crippen molar-refractivity contribution in [1.82, 2.24) is 19.9 Å². The van der Waals surface area contributed by atoms with Crippen LogP contribution in [0, 0.1) is 17.2 Å². The molecule has 3 aliphatic heterocycles. The zero-order chi connectivity index (χ0) is 22.1. The minimum atomic E-state index is -0.834. The monoisotopic (exact) mass is 463 g/mol. The smallest absolute Gasteiger partial charge is 0.319 e. The molecule has 172 valence electrons. The van der Waals surface area contributed by atoms with E-state index in [-0.39, 0.29) is 27.6 Å². The van der Waals surface area contributed by atoms with Gasteiger partial charge < -0.3 is 9.64 Å². The number of piperidine rings is 1. The van der Waals surface area contributed by atoms with Crippen LogP contribution in [0.4, 0.5) is 14.6 Å². The van der Waals surface area contributed by atoms with Crippen molar-refractivity contribution in [3.63, 3.8) is 0 Å². The number of rotatable bonds is 4. The summed E-state index contributed by atoms with van der Waals surface area (Å²) in [6.07, 6.45) is 6.73. The Labute approximate surface area is 191 Å². The van der Waals surface area contributed by atoms with Gasteiger partial charge in [0.2, 0.25) is 0 Å². The Morgan fingerprint density at radius 1 is 1.25 bits per heavy atom. The van der Waals surface area contributed by atoms with Crippen molar-refractivity contribution in [2.75, 3.05) is 37.7 Å². The summed E-state index contributed by atoms with van der Waals surface area (Å²) in [6.45, 7) is 5.71. The van der Waals surface area contributed by atoms with Crippen molar-refractivity contribution >= 4 is 28.3 Å². The molecule has 4 atom stereocenters. The first kappa shape index (κ1) is 20.8. The van der Waals surface area contributed by atoms with Gasteiger partial charge in [-0.05, 0) is 50.0 Å². The van der Waals surface area contributed by atoms with E-state index in [0.29, 0.717) is 36.7 Å². The minimum absolute atomic E-state index is 0.125. The third-order valence-electron chi connectivity index (χ3n) is 8.12. The predicted octanol–water partition coefficient (Wildman–Crippen LogP) is 4.40. The molecule has 2 aromatic heterocycles. The zero-order valence-corrected chi connectivity index (χ0v) is 19.0. The van der Waals surface area contributed by atoms with Crippen LogP contribution in [-0.2, 0) is 0 Å². The molecule has 0 unspecified atom stereocenters. The number of nitrogens with zero attached hydrogens (tertiary/aromatic N) is 5. The summed E-state index contributed by atoms with van der Waals surface area (Å²) in [7, 11) is 0. The number of alkyl halides is 1. The SMILES string of the molecule is C[C@@]12CC[C@H](CN(c3nc(OC[C@@]45CCCN4C[C@H](F)C5)nc4c(F)c(Cl)ncc34)C1)C2. The van der Waals surface area contributed by atoms with Crippen molar-refractivity contribution in [2.24, 2.45) is 11.3 Å². The van der Waals surface area contributed by atoms with Crippen molar-refractivity contribution < 1.29 is 13.5 Å². The molecule has 0 amide bonds. The highest BCUT2D eigenvalue weighted by atomic mass is 35.5. The quantitative estimate of drug-likeness (QED) is 0.626. The van der Waals surface area contributed by atoms with Crippen LogP contribution in [0.15, 0.2) is 6.20 Å². The topological polar surface area (TPSA) is 54.4 Å². The van der Waals surface area contributed by atoms with Gasteiger partial charge >= 0.3 is 6.01 Å². The molecule has 4 fully saturated rings. The first-order valence-electron chi connectivity index (χ1n) is 11.6. The number of halogens is 3. The van der Waals surface area contributed by atoms with Gasteiger partial charge in [-0.1, -0.05) is 18.5 Å². The minimum Gasteiger partial charge on any atom is -0.461 e. The van der Waals surface area contributed by atoms with E-state index in [0.717, 1.165) is 32.5 Å². The zero-order valence-electron chi connectivity index (χ0n) is 18.3. The van der Waals surface area contributed by atoms with Crippen LogP contribution in [0.1, 0.15) is 45.4 Å². The lowest BCUT2D eigenvalue weighted by atomic mass is 9.84. The number of hydrogen-bond acceptors (Lipinski definition) is 6. The van der Waals surface area contributed by atoms with Gasteiger partial charge in [-0.15, -0.1) is 0 Å². The molecule has 4 aliphatic rings. The van der Waals surface area contributed by atoms with Crippen molar-refractivity contribution in [3.05, 3.63) is 17.2 Å². The van der Waals surface area contributed by atoms with E-state index in [1.54, 1.807) is 6.20 Å². The molecule has 3 saturated heterocycles. The second-order valence-electron chi connectivity index (χ2n) is 10.6. The van der Waals surface area contributed by atoms with E-state index in [9.17, 15) is 8.78 Å². The molecule has 1 aliphatic carbocycles. The molecule has 6 nitrogen and oxygen atoms in total. The van der Waals surface area contributed by atoms with Gasteiger partial charge in [-0.2, -0.15) is 9.97 Å². The van der Waals surface area contributed by atoms with Crippen LogP contribution in [0.2, 0.25) is 5.15 Å². The third kappa shape index (κ3) is 3.33. The van der Waals surface area contributed by atoms with Gasteiger partial charge in [0.25, 0.3) is 0 Å². The maximum absolute atomic E-state index is 15.0. The molecule has 0 N–H and O–H groups in total. The van der Waals surface area contributed by atoms with Crippen molar-refractivity contribution in [3.8, 4) is 6.01 Å². The summed E-state index contributed by atoms with van der Waals surface area (Å²) in [5.74, 6) is 0.606. The molecule has 9 heteroatoms. The Balaban J connectivity index is 1.37. The third-order valence-corrected chi connectivity index (χ3v) is 8.38. The predicted molar refractivity (Wildman–Crippen MR) is 119 cm³/mol. The summed E-state index contributed by atoms with van der Waals surface area (Å²) < 4.78 is 35.2. The Morgan fingerprint density at radius 2 is 2.12 bits per heavy atom. The van der Waals surface area contributed by atoms with Crippen LogP contribution in [0.25, 0.3) is 10.9 Å². The highest BCUT2D eigenvalue weighted by molar-refractivity contribution is 6.30. The molecular formula is C23H28ClF2N5O. The summed E-state index contributed by atoms with van der Waals surface area (Å²) in [5.41, 5.74) is 0.0519. The fourth-order valence-corrected chi connectivity index (χ4v) is 6.84. The number of fused-ring (bicyclic) bond motifs is 4. The van der Waals surface area contributed by atoms with Gasteiger partial charge in [0.15, 0.2) is 11.0 Å². The Bertz CT molecular complexity index is 1070. The number of anilines is 1. The van der Waals surface area contributed by atoms with Gasteiger partial charge in [0, 0.05) is 32.3 Å². The van der Waals surface area contributed by atoms with Crippen molar-refractivity contribution in [1.29, 1.82) is 0 Å². The molecule has 1 saturated carbocycles. The number of ether oxygens (including phenoxy) is 1. The molecule has 5 heterocycles. The molecule has 2 bridgehead atoms. The number of pyridine rings is 1. The largest absolute Gasteiger partial charge is 0.461 e. The molecule has 0 radical (unpaired) electrons. The van der Waals surface area contributed by atoms with Crippen LogP contribution in [0.3, 0.4) is 0 Å². The van der Waals surface area contributed by atoms with Crippen LogP contribution >= 0.6 is 11.6 Å². The van der Waals surface area contributed by atoms with Crippen LogP contribution in [0.5, 0.6) is 6.01 Å². The Kier molecular flexibility index (Phi) is 4.77. The highest BCUT2D eigenvalue weighted by Crippen LogP contribution is 2.48. The molecule has 2 aromatic rings. The molecular weight excluding hydrogens is 436 g/mol. The average Bonchev–Trinajstić information content (AvgIpc) is 3.37. The molecule has 6 rings (SSSR count). The summed E-state index contributed by atoms with van der Waals surface area (Å²) in [4.78, 5) is 17.6. The first-order valence-corrected chi connectivity index (χ1v) is 12.0. The normalized spacial score (nSPS) is 34.4. The second-order valence-corrected chi connectivity index (χ2v) is 11.0. The van der Waals surface area contributed by atoms with E-state index in [1.165, 1.54) is 19.3 Å². The maximum Gasteiger partial charge on any atom is 0.319 e. The van der Waals surface area contributed by atoms with Crippen molar-refractivity contribution in [2.45, 2.75) is 57.2 Å². The lowest BCUT2D eigenvalue weighted by molar-refractivity contribution is 0.107. The number of hydrogen-bond donors (Lipinski definition) is 0. The highest BCUT2D eigenvalue weighted by Gasteiger charge is 2.49. The first-order chi connectivity index (χ1) is 15.3. The van der Waals surface area contributed by atoms with Gasteiger partial charge in [-0.3, -0.25) is 4.90 Å². The van der Waals surface area contributed by atoms with Gasteiger partial charge in [0.05, 0.1) is 10.9 Å². The fraction of sp³-hybridized carbons (Fsp3) is 0.696. The number of aromatic nitrogens is 3. The molecule has 0 aromatic carbocycles. The molecule has 32 heavy (non-hydrogen) atoms. The lowest BCUT2D eigenvalue weighted by Crippen LogP contribution is -2.44. The summed E-state index contributed by atoms with van der Waals surface area (Å²) in [5, 5.41) is 0.338. The lowest BCUT2D eigenvalue weighted by Gasteiger charge is -2.39. The van der Waals surface area contributed by atoms with Crippen LogP contribution in [-0.4, -0.2) is 64.3 Å². The van der Waals surface area contributed by atoms with Gasteiger partial charge in [0.1, 0.15) is 24.1 Å².